The Balaban J connectivity index is 2.41. The zero-order chi connectivity index (χ0) is 13.1. The molecule has 94 valence electrons. The molecule has 2 aromatic rings. The van der Waals surface area contributed by atoms with Gasteiger partial charge in [-0.3, -0.25) is 0 Å². The van der Waals surface area contributed by atoms with Crippen molar-refractivity contribution in [1.29, 1.82) is 0 Å². The van der Waals surface area contributed by atoms with E-state index >= 15 is 0 Å². The molecule has 1 unspecified atom stereocenters. The van der Waals surface area contributed by atoms with E-state index in [1.165, 1.54) is 0 Å². The molecular weight excluding hydrogens is 292 g/mol. The number of ether oxygens (including phenoxy) is 1. The zero-order valence-corrected chi connectivity index (χ0v) is 11.9. The van der Waals surface area contributed by atoms with Gasteiger partial charge in [0.2, 0.25) is 0 Å². The maximum absolute atomic E-state index is 10.4. The van der Waals surface area contributed by atoms with Crippen molar-refractivity contribution in [1.82, 2.24) is 0 Å². The van der Waals surface area contributed by atoms with Crippen LogP contribution in [0.4, 0.5) is 0 Å². The van der Waals surface area contributed by atoms with Gasteiger partial charge in [0.05, 0.1) is 7.11 Å². The topological polar surface area (TPSA) is 29.5 Å². The molecule has 3 heteroatoms. The average molecular weight is 307 g/mol. The first-order valence-corrected chi connectivity index (χ1v) is 6.50. The highest BCUT2D eigenvalue weighted by molar-refractivity contribution is 9.10. The highest BCUT2D eigenvalue weighted by Gasteiger charge is 2.15. The third kappa shape index (κ3) is 2.57. The van der Waals surface area contributed by atoms with Crippen molar-refractivity contribution in [2.45, 2.75) is 13.0 Å². The zero-order valence-electron chi connectivity index (χ0n) is 10.4. The van der Waals surface area contributed by atoms with E-state index in [1.807, 2.05) is 49.4 Å². The van der Waals surface area contributed by atoms with E-state index in [9.17, 15) is 5.11 Å². The van der Waals surface area contributed by atoms with Crippen LogP contribution in [0.25, 0.3) is 0 Å². The summed E-state index contributed by atoms with van der Waals surface area (Å²) in [7, 11) is 1.62. The van der Waals surface area contributed by atoms with Crippen molar-refractivity contribution in [3.63, 3.8) is 0 Å². The second-order valence-corrected chi connectivity index (χ2v) is 4.95. The van der Waals surface area contributed by atoms with Gasteiger partial charge in [-0.1, -0.05) is 46.3 Å². The number of rotatable bonds is 3. The molecule has 0 aromatic heterocycles. The Labute approximate surface area is 115 Å². The molecule has 2 aromatic carbocycles. The molecule has 0 aliphatic rings. The van der Waals surface area contributed by atoms with Gasteiger partial charge in [-0.2, -0.15) is 0 Å². The van der Waals surface area contributed by atoms with E-state index in [2.05, 4.69) is 15.9 Å². The van der Waals surface area contributed by atoms with E-state index in [0.29, 0.717) is 0 Å². The number of aliphatic hydroxyl groups excluding tert-OH is 1. The first-order valence-electron chi connectivity index (χ1n) is 5.70. The highest BCUT2D eigenvalue weighted by Crippen LogP contribution is 2.31. The van der Waals surface area contributed by atoms with Crippen LogP contribution >= 0.6 is 15.9 Å². The monoisotopic (exact) mass is 306 g/mol. The fraction of sp³-hybridized carbons (Fsp3) is 0.200. The minimum absolute atomic E-state index is 0.658. The quantitative estimate of drug-likeness (QED) is 0.933. The van der Waals surface area contributed by atoms with Crippen molar-refractivity contribution in [3.05, 3.63) is 63.6 Å². The van der Waals surface area contributed by atoms with Crippen molar-refractivity contribution in [2.24, 2.45) is 0 Å². The van der Waals surface area contributed by atoms with E-state index in [-0.39, 0.29) is 0 Å². The lowest BCUT2D eigenvalue weighted by Gasteiger charge is -2.15. The van der Waals surface area contributed by atoms with Crippen LogP contribution in [0, 0.1) is 6.92 Å². The van der Waals surface area contributed by atoms with Crippen LogP contribution in [0.15, 0.2) is 46.9 Å². The molecule has 0 spiro atoms. The fourth-order valence-electron chi connectivity index (χ4n) is 1.87. The summed E-state index contributed by atoms with van der Waals surface area (Å²) in [6, 6.07) is 13.3. The Morgan fingerprint density at radius 3 is 2.61 bits per heavy atom. The van der Waals surface area contributed by atoms with Crippen molar-refractivity contribution in [2.75, 3.05) is 7.11 Å². The molecular formula is C15H15BrO2. The predicted octanol–water partition coefficient (Wildman–Crippen LogP) is 3.85. The molecule has 1 atom stereocenters. The van der Waals surface area contributed by atoms with Crippen LogP contribution in [0.3, 0.4) is 0 Å². The van der Waals surface area contributed by atoms with Gasteiger partial charge in [0, 0.05) is 4.47 Å². The van der Waals surface area contributed by atoms with Crippen LogP contribution in [-0.4, -0.2) is 12.2 Å². The highest BCUT2D eigenvalue weighted by atomic mass is 79.9. The summed E-state index contributed by atoms with van der Waals surface area (Å²) < 4.78 is 6.12. The minimum atomic E-state index is -0.658. The summed E-state index contributed by atoms with van der Waals surface area (Å²) >= 11 is 3.52. The lowest BCUT2D eigenvalue weighted by atomic mass is 10.00. The van der Waals surface area contributed by atoms with Gasteiger partial charge in [-0.25, -0.2) is 0 Å². The van der Waals surface area contributed by atoms with Crippen molar-refractivity contribution < 1.29 is 9.84 Å². The summed E-state index contributed by atoms with van der Waals surface area (Å²) in [5, 5.41) is 10.4. The Hall–Kier alpha value is -1.32. The van der Waals surface area contributed by atoms with E-state index in [1.54, 1.807) is 7.11 Å². The minimum Gasteiger partial charge on any atom is -0.497 e. The maximum atomic E-state index is 10.4. The van der Waals surface area contributed by atoms with Gasteiger partial charge >= 0.3 is 0 Å². The van der Waals surface area contributed by atoms with Crippen LogP contribution in [-0.2, 0) is 0 Å². The Bertz CT molecular complexity index is 552. The number of hydrogen-bond acceptors (Lipinski definition) is 2. The molecule has 0 radical (unpaired) electrons. The van der Waals surface area contributed by atoms with Gasteiger partial charge in [0.25, 0.3) is 0 Å². The van der Waals surface area contributed by atoms with Crippen LogP contribution in [0.2, 0.25) is 0 Å². The van der Waals surface area contributed by atoms with Gasteiger partial charge in [-0.15, -0.1) is 0 Å². The van der Waals surface area contributed by atoms with E-state index in [4.69, 9.17) is 4.74 Å². The Kier molecular flexibility index (Phi) is 4.04. The molecule has 0 heterocycles. The number of halogens is 1. The molecule has 0 aliphatic carbocycles. The molecule has 0 fully saturated rings. The van der Waals surface area contributed by atoms with E-state index in [0.717, 1.165) is 26.9 Å². The number of benzene rings is 2. The molecule has 2 rings (SSSR count). The first kappa shape index (κ1) is 13.1. The second kappa shape index (κ2) is 5.55. The number of aryl methyl sites for hydroxylation is 1. The second-order valence-electron chi connectivity index (χ2n) is 4.16. The third-order valence-electron chi connectivity index (χ3n) is 2.93. The lowest BCUT2D eigenvalue weighted by molar-refractivity contribution is 0.219. The number of aliphatic hydroxyl groups is 1. The van der Waals surface area contributed by atoms with Crippen molar-refractivity contribution >= 4 is 15.9 Å². The van der Waals surface area contributed by atoms with Crippen LogP contribution in [0.5, 0.6) is 5.75 Å². The van der Waals surface area contributed by atoms with Crippen LogP contribution in [0.1, 0.15) is 22.8 Å². The smallest absolute Gasteiger partial charge is 0.119 e. The summed E-state index contributed by atoms with van der Waals surface area (Å²) in [5.41, 5.74) is 2.79. The van der Waals surface area contributed by atoms with Gasteiger partial charge < -0.3 is 9.84 Å². The number of methoxy groups -OCH3 is 1. The van der Waals surface area contributed by atoms with Gasteiger partial charge in [-0.05, 0) is 35.7 Å². The normalized spacial score (nSPS) is 12.2. The third-order valence-corrected chi connectivity index (χ3v) is 4.01. The summed E-state index contributed by atoms with van der Waals surface area (Å²) in [6.07, 6.45) is -0.658. The molecule has 2 nitrogen and oxygen atoms in total. The Morgan fingerprint density at radius 2 is 1.89 bits per heavy atom. The SMILES string of the molecule is COc1cccc(C(O)c2cccc(C)c2Br)c1. The molecule has 0 aliphatic heterocycles. The molecule has 0 amide bonds. The molecule has 18 heavy (non-hydrogen) atoms. The predicted molar refractivity (Wildman–Crippen MR) is 75.9 cm³/mol. The number of hydrogen-bond donors (Lipinski definition) is 1. The largest absolute Gasteiger partial charge is 0.497 e. The van der Waals surface area contributed by atoms with Gasteiger partial charge in [0.1, 0.15) is 11.9 Å². The van der Waals surface area contributed by atoms with E-state index < -0.39 is 6.10 Å². The van der Waals surface area contributed by atoms with Gasteiger partial charge in [0.15, 0.2) is 0 Å². The maximum Gasteiger partial charge on any atom is 0.119 e. The Morgan fingerprint density at radius 1 is 1.17 bits per heavy atom. The molecule has 0 bridgehead atoms. The van der Waals surface area contributed by atoms with Crippen LogP contribution < -0.4 is 4.74 Å². The summed E-state index contributed by atoms with van der Waals surface area (Å²) in [6.45, 7) is 2.01. The summed E-state index contributed by atoms with van der Waals surface area (Å²) in [5.74, 6) is 0.746. The molecule has 0 saturated heterocycles. The standard InChI is InChI=1S/C15H15BrO2/c1-10-5-3-8-13(14(10)16)15(17)11-6-4-7-12(9-11)18-2/h3-9,15,17H,1-2H3. The fourth-order valence-corrected chi connectivity index (χ4v) is 2.35. The molecule has 0 saturated carbocycles. The average Bonchev–Trinajstić information content (AvgIpc) is 2.41. The lowest BCUT2D eigenvalue weighted by Crippen LogP contribution is -2.01. The van der Waals surface area contributed by atoms with Crippen molar-refractivity contribution in [3.8, 4) is 5.75 Å². The first-order chi connectivity index (χ1) is 8.63. The molecule has 1 N–H and O–H groups in total. The summed E-state index contributed by atoms with van der Waals surface area (Å²) in [4.78, 5) is 0.